The molecular weight excluding hydrogens is 966 g/mol. The predicted octanol–water partition coefficient (Wildman–Crippen LogP) is 14.7. The second-order valence-electron chi connectivity index (χ2n) is 21.7. The van der Waals surface area contributed by atoms with Crippen LogP contribution in [-0.2, 0) is 48.7 Å². The summed E-state index contributed by atoms with van der Waals surface area (Å²) < 4.78 is 14.5. The van der Waals surface area contributed by atoms with Gasteiger partial charge in [0.2, 0.25) is 0 Å². The summed E-state index contributed by atoms with van der Waals surface area (Å²) in [7, 11) is 0. The standard InChI is InChI=1S/C58H63N3O2.Pt/c1-33-17-18-48-46(23-33)56(14,15)47-26-37(5)50(31-49(47)61(48)51-30-43(19-20-59-51)54(8,9)10)62-44-28-40(52-38(6)21-34(2)22-39(52)7)27-41(29-44)53-60-57(16)32-42-24-35(3)36(4)25-45(42)58(57,63-53)55(11,12)13;/h17-28,30H,32H2,1-16H3;/q-2;+2/t57-,58-;/m1./s1. The summed E-state index contributed by atoms with van der Waals surface area (Å²) >= 11 is 0. The van der Waals surface area contributed by atoms with Crippen LogP contribution in [0.1, 0.15) is 135 Å². The fourth-order valence-corrected chi connectivity index (χ4v) is 11.1. The Morgan fingerprint density at radius 2 is 1.36 bits per heavy atom. The third-order valence-corrected chi connectivity index (χ3v) is 14.3. The van der Waals surface area contributed by atoms with Gasteiger partial charge < -0.3 is 14.4 Å². The van der Waals surface area contributed by atoms with E-state index in [1.807, 2.05) is 6.20 Å². The van der Waals surface area contributed by atoms with E-state index in [0.29, 0.717) is 17.4 Å². The van der Waals surface area contributed by atoms with Crippen LogP contribution in [0, 0.1) is 66.0 Å². The SMILES string of the molecule is Cc1cc(C)c(-c2cc(Oc3[c-]c4c(cc3C)C(C)(C)c3cc(C)ccc3N4c3cc(C(C)(C)C)ccn3)[c-]c(C3=N[C@]4(C)Cc5cc(C)c(C)cc5[C@]4(C(C)(C)C)O3)c2)c(C)c1.[Pt+2]. The molecule has 6 aromatic rings. The summed E-state index contributed by atoms with van der Waals surface area (Å²) in [5.74, 6) is 2.67. The molecule has 3 aliphatic rings. The minimum Gasteiger partial charge on any atom is -0.507 e. The Bertz CT molecular complexity index is 2900. The zero-order valence-electron chi connectivity index (χ0n) is 40.7. The monoisotopic (exact) mass is 1030 g/mol. The molecule has 5 aromatic carbocycles. The molecule has 0 spiro atoms. The molecule has 0 saturated heterocycles. The van der Waals surface area contributed by atoms with Crippen LogP contribution < -0.4 is 9.64 Å². The summed E-state index contributed by atoms with van der Waals surface area (Å²) in [5.41, 5.74) is 17.8. The maximum Gasteiger partial charge on any atom is 2.00 e. The molecule has 9 rings (SSSR count). The number of ether oxygens (including phenoxy) is 2. The predicted molar refractivity (Wildman–Crippen MR) is 260 cm³/mol. The zero-order chi connectivity index (χ0) is 45.3. The first-order valence-electron chi connectivity index (χ1n) is 22.6. The molecule has 0 fully saturated rings. The number of pyridine rings is 1. The van der Waals surface area contributed by atoms with E-state index in [9.17, 15) is 0 Å². The Balaban J connectivity index is 0.00000560. The fraction of sp³-hybridized carbons (Fsp3) is 0.379. The number of fused-ring (bicyclic) bond motifs is 5. The average molecular weight is 1030 g/mol. The van der Waals surface area contributed by atoms with Gasteiger partial charge in [-0.25, -0.2) is 4.98 Å². The van der Waals surface area contributed by atoms with Gasteiger partial charge in [0, 0.05) is 40.8 Å². The Kier molecular flexibility index (Phi) is 10.9. The molecule has 6 heteroatoms. The van der Waals surface area contributed by atoms with Crippen molar-refractivity contribution in [3.05, 3.63) is 163 Å². The van der Waals surface area contributed by atoms with Crippen molar-refractivity contribution in [2.45, 2.75) is 139 Å². The van der Waals surface area contributed by atoms with Crippen LogP contribution in [0.2, 0.25) is 0 Å². The molecule has 64 heavy (non-hydrogen) atoms. The van der Waals surface area contributed by atoms with Crippen molar-refractivity contribution >= 4 is 23.1 Å². The third-order valence-electron chi connectivity index (χ3n) is 14.3. The minimum absolute atomic E-state index is 0. The van der Waals surface area contributed by atoms with Gasteiger partial charge in [-0.1, -0.05) is 139 Å². The smallest absolute Gasteiger partial charge is 0.507 e. The molecule has 332 valence electrons. The molecule has 0 amide bonds. The van der Waals surface area contributed by atoms with Crippen LogP contribution in [0.5, 0.6) is 11.5 Å². The number of hydrogen-bond donors (Lipinski definition) is 0. The quantitative estimate of drug-likeness (QED) is 0.161. The minimum atomic E-state index is -0.671. The Hall–Kier alpha value is -4.99. The number of hydrogen-bond acceptors (Lipinski definition) is 5. The Morgan fingerprint density at radius 1 is 0.688 bits per heavy atom. The van der Waals surface area contributed by atoms with E-state index in [2.05, 4.69) is 201 Å². The molecule has 0 N–H and O–H groups in total. The van der Waals surface area contributed by atoms with Gasteiger partial charge in [-0.3, -0.25) is 4.99 Å². The van der Waals surface area contributed by atoms with E-state index < -0.39 is 11.1 Å². The fourth-order valence-electron chi connectivity index (χ4n) is 11.1. The molecule has 2 aliphatic heterocycles. The van der Waals surface area contributed by atoms with Crippen LogP contribution in [-0.4, -0.2) is 16.4 Å². The van der Waals surface area contributed by atoms with E-state index in [-0.39, 0.29) is 37.3 Å². The first-order valence-corrected chi connectivity index (χ1v) is 22.6. The molecule has 0 bridgehead atoms. The topological polar surface area (TPSA) is 47.0 Å². The second-order valence-corrected chi connectivity index (χ2v) is 21.7. The number of benzene rings is 5. The largest absolute Gasteiger partial charge is 2.00 e. The first-order chi connectivity index (χ1) is 29.4. The van der Waals surface area contributed by atoms with E-state index in [0.717, 1.165) is 40.3 Å². The van der Waals surface area contributed by atoms with Crippen LogP contribution in [0.25, 0.3) is 11.1 Å². The van der Waals surface area contributed by atoms with E-state index in [1.54, 1.807) is 0 Å². The van der Waals surface area contributed by atoms with Gasteiger partial charge in [0.15, 0.2) is 5.60 Å². The van der Waals surface area contributed by atoms with Gasteiger partial charge >= 0.3 is 21.1 Å². The van der Waals surface area contributed by atoms with Gasteiger partial charge in [0.05, 0.1) is 5.54 Å². The van der Waals surface area contributed by atoms with Crippen LogP contribution in [0.4, 0.5) is 17.2 Å². The van der Waals surface area contributed by atoms with Gasteiger partial charge in [0.1, 0.15) is 11.7 Å². The summed E-state index contributed by atoms with van der Waals surface area (Å²) in [4.78, 5) is 12.9. The molecule has 3 heterocycles. The Morgan fingerprint density at radius 3 is 2.03 bits per heavy atom. The maximum absolute atomic E-state index is 7.42. The number of aromatic nitrogens is 1. The van der Waals surface area contributed by atoms with E-state index in [1.165, 1.54) is 66.8 Å². The van der Waals surface area contributed by atoms with Crippen LogP contribution in [0.3, 0.4) is 0 Å². The molecule has 1 aliphatic carbocycles. The first kappa shape index (κ1) is 45.6. The maximum atomic E-state index is 7.42. The number of rotatable bonds is 5. The summed E-state index contributed by atoms with van der Waals surface area (Å²) in [6, 6.07) is 34.4. The average Bonchev–Trinajstić information content (AvgIpc) is 3.62. The number of aryl methyl sites for hydroxylation is 7. The molecule has 1 aromatic heterocycles. The van der Waals surface area contributed by atoms with Crippen molar-refractivity contribution in [2.75, 3.05) is 4.90 Å². The zero-order valence-corrected chi connectivity index (χ0v) is 43.0. The van der Waals surface area contributed by atoms with Crippen LogP contribution >= 0.6 is 0 Å². The molecule has 0 radical (unpaired) electrons. The summed E-state index contributed by atoms with van der Waals surface area (Å²) in [5, 5.41) is 0. The van der Waals surface area contributed by atoms with Crippen molar-refractivity contribution < 1.29 is 30.5 Å². The van der Waals surface area contributed by atoms with E-state index >= 15 is 0 Å². The molecular formula is C58H63N3O2Pt. The molecule has 5 nitrogen and oxygen atoms in total. The van der Waals surface area contributed by atoms with E-state index in [4.69, 9.17) is 19.5 Å². The summed E-state index contributed by atoms with van der Waals surface area (Å²) in [6.07, 6.45) is 2.73. The molecule has 2 atom stereocenters. The van der Waals surface area contributed by atoms with Crippen molar-refractivity contribution in [1.29, 1.82) is 0 Å². The van der Waals surface area contributed by atoms with Crippen molar-refractivity contribution in [3.8, 4) is 22.6 Å². The Labute approximate surface area is 397 Å². The number of anilines is 3. The van der Waals surface area contributed by atoms with Crippen LogP contribution in [0.15, 0.2) is 84.0 Å². The number of nitrogens with zero attached hydrogens (tertiary/aromatic N) is 3. The molecule has 0 unspecified atom stereocenters. The number of aliphatic imine (C=N–C) groups is 1. The van der Waals surface area contributed by atoms with Crippen molar-refractivity contribution in [1.82, 2.24) is 4.98 Å². The van der Waals surface area contributed by atoms with Crippen molar-refractivity contribution in [3.63, 3.8) is 0 Å². The summed E-state index contributed by atoms with van der Waals surface area (Å²) in [6.45, 7) is 35.7. The normalized spacial score (nSPS) is 19.5. The van der Waals surface area contributed by atoms with Gasteiger partial charge in [-0.15, -0.1) is 23.3 Å². The van der Waals surface area contributed by atoms with Gasteiger partial charge in [0.25, 0.3) is 0 Å². The third kappa shape index (κ3) is 7.07. The van der Waals surface area contributed by atoms with Crippen molar-refractivity contribution in [2.24, 2.45) is 10.4 Å². The van der Waals surface area contributed by atoms with Gasteiger partial charge in [-0.2, -0.15) is 6.07 Å². The van der Waals surface area contributed by atoms with Gasteiger partial charge in [-0.05, 0) is 122 Å². The molecule has 0 saturated carbocycles. The second kappa shape index (κ2) is 15.3.